The summed E-state index contributed by atoms with van der Waals surface area (Å²) in [6.45, 7) is 2.19. The fraction of sp³-hybridized carbons (Fsp3) is 0.444. The molecule has 1 aromatic rings. The van der Waals surface area contributed by atoms with Crippen molar-refractivity contribution in [3.8, 4) is 11.8 Å². The largest absolute Gasteiger partial charge is 0.370 e. The molecule has 3 aliphatic rings. The van der Waals surface area contributed by atoms with Crippen LogP contribution in [0.25, 0.3) is 0 Å². The van der Waals surface area contributed by atoms with E-state index in [1.807, 2.05) is 40.3 Å². The molecule has 5 nitrogen and oxygen atoms in total. The predicted octanol–water partition coefficient (Wildman–Crippen LogP) is 2.91. The molecular weight excluding hydrogens is 370 g/mol. The minimum Gasteiger partial charge on any atom is -0.370 e. The molecule has 6 heteroatoms. The monoisotopic (exact) mass is 387 g/mol. The van der Waals surface area contributed by atoms with Crippen molar-refractivity contribution in [1.29, 1.82) is 0 Å². The van der Waals surface area contributed by atoms with E-state index in [4.69, 9.17) is 4.84 Å². The molecule has 4 rings (SSSR count). The van der Waals surface area contributed by atoms with E-state index >= 15 is 0 Å². The lowest BCUT2D eigenvalue weighted by atomic mass is 10.1. The smallest absolute Gasteiger partial charge is 0.323 e. The Labute approximate surface area is 149 Å². The number of rotatable bonds is 0. The summed E-state index contributed by atoms with van der Waals surface area (Å²) in [5, 5.41) is 3.85. The van der Waals surface area contributed by atoms with Crippen LogP contribution in [0.4, 0.5) is 4.79 Å². The van der Waals surface area contributed by atoms with Crippen LogP contribution in [0.1, 0.15) is 18.4 Å². The number of hydrogen-bond donors (Lipinski definition) is 0. The molecule has 2 saturated heterocycles. The third kappa shape index (κ3) is 3.01. The second-order valence-corrected chi connectivity index (χ2v) is 7.31. The van der Waals surface area contributed by atoms with E-state index in [0.29, 0.717) is 6.54 Å². The van der Waals surface area contributed by atoms with Gasteiger partial charge in [-0.25, -0.2) is 4.79 Å². The third-order valence-corrected chi connectivity index (χ3v) is 5.24. The van der Waals surface area contributed by atoms with Gasteiger partial charge in [-0.05, 0) is 31.0 Å². The average molecular weight is 388 g/mol. The van der Waals surface area contributed by atoms with Crippen LogP contribution in [-0.4, -0.2) is 47.9 Å². The molecule has 3 aliphatic heterocycles. The van der Waals surface area contributed by atoms with Gasteiger partial charge in [0.15, 0.2) is 0 Å². The third-order valence-electron chi connectivity index (χ3n) is 4.75. The summed E-state index contributed by atoms with van der Waals surface area (Å²) in [4.78, 5) is 21.7. The van der Waals surface area contributed by atoms with Crippen molar-refractivity contribution in [3.63, 3.8) is 0 Å². The van der Waals surface area contributed by atoms with Crippen LogP contribution in [0.5, 0.6) is 0 Å². The zero-order valence-corrected chi connectivity index (χ0v) is 14.8. The highest BCUT2D eigenvalue weighted by atomic mass is 79.9. The quantitative estimate of drug-likeness (QED) is 0.642. The number of halogens is 1. The lowest BCUT2D eigenvalue weighted by molar-refractivity contribution is -0.0126. The molecule has 24 heavy (non-hydrogen) atoms. The molecule has 0 saturated carbocycles. The maximum Gasteiger partial charge on any atom is 0.323 e. The second-order valence-electron chi connectivity index (χ2n) is 6.39. The van der Waals surface area contributed by atoms with Gasteiger partial charge in [-0.2, -0.15) is 0 Å². The molecule has 0 aromatic heterocycles. The topological polar surface area (TPSA) is 45.1 Å². The average Bonchev–Trinajstić information content (AvgIpc) is 3.29. The van der Waals surface area contributed by atoms with Gasteiger partial charge in [0.2, 0.25) is 6.23 Å². The minimum atomic E-state index is -0.204. The number of urea groups is 1. The highest BCUT2D eigenvalue weighted by Crippen LogP contribution is 2.30. The molecule has 0 radical (unpaired) electrons. The maximum atomic E-state index is 12.7. The van der Waals surface area contributed by atoms with Gasteiger partial charge in [-0.3, -0.25) is 4.90 Å². The summed E-state index contributed by atoms with van der Waals surface area (Å²) < 4.78 is 1.03. The molecule has 124 valence electrons. The molecule has 0 aliphatic carbocycles. The fourth-order valence-electron chi connectivity index (χ4n) is 3.44. The van der Waals surface area contributed by atoms with Crippen LogP contribution in [0.3, 0.4) is 0 Å². The Morgan fingerprint density at radius 2 is 2.25 bits per heavy atom. The van der Waals surface area contributed by atoms with Crippen molar-refractivity contribution in [3.05, 3.63) is 34.3 Å². The van der Waals surface area contributed by atoms with E-state index in [1.165, 1.54) is 0 Å². The summed E-state index contributed by atoms with van der Waals surface area (Å²) in [6, 6.07) is 8.02. The van der Waals surface area contributed by atoms with E-state index in [-0.39, 0.29) is 24.1 Å². The highest BCUT2D eigenvalue weighted by Gasteiger charge is 2.43. The molecule has 1 aromatic carbocycles. The van der Waals surface area contributed by atoms with Gasteiger partial charge in [0, 0.05) is 35.6 Å². The van der Waals surface area contributed by atoms with Crippen molar-refractivity contribution < 1.29 is 9.63 Å². The zero-order chi connectivity index (χ0) is 16.5. The Balaban J connectivity index is 1.37. The van der Waals surface area contributed by atoms with Gasteiger partial charge in [-0.1, -0.05) is 39.0 Å². The number of oxime groups is 1. The van der Waals surface area contributed by atoms with E-state index < -0.39 is 0 Å². The van der Waals surface area contributed by atoms with Gasteiger partial charge in [0.05, 0.1) is 12.1 Å². The molecular formula is C18H18BrN3O2. The van der Waals surface area contributed by atoms with Gasteiger partial charge in [0.1, 0.15) is 0 Å². The molecule has 3 heterocycles. The van der Waals surface area contributed by atoms with E-state index in [0.717, 1.165) is 36.0 Å². The Kier molecular flexibility index (Phi) is 4.19. The number of carbonyl (C=O) groups is 1. The summed E-state index contributed by atoms with van der Waals surface area (Å²) in [5.41, 5.74) is 0.994. The standard InChI is InChI=1S/C18H18BrN3O2/c19-16-3-1-2-13(10-16)4-5-14-6-8-21(12-14)18(23)22-9-7-15-11-20-24-17(15)22/h1-3,10-11,14-15,17H,6-9,12H2. The lowest BCUT2D eigenvalue weighted by Gasteiger charge is -2.27. The summed E-state index contributed by atoms with van der Waals surface area (Å²) in [5.74, 6) is 7.01. The van der Waals surface area contributed by atoms with Gasteiger partial charge in [-0.15, -0.1) is 0 Å². The van der Waals surface area contributed by atoms with Crippen molar-refractivity contribution >= 4 is 28.2 Å². The molecule has 0 bridgehead atoms. The number of fused-ring (bicyclic) bond motifs is 1. The van der Waals surface area contributed by atoms with Crippen molar-refractivity contribution in [2.75, 3.05) is 19.6 Å². The number of benzene rings is 1. The van der Waals surface area contributed by atoms with Crippen LogP contribution in [0.15, 0.2) is 33.9 Å². The molecule has 0 N–H and O–H groups in total. The van der Waals surface area contributed by atoms with Crippen LogP contribution in [0.2, 0.25) is 0 Å². The fourth-order valence-corrected chi connectivity index (χ4v) is 3.84. The molecule has 2 amide bonds. The Morgan fingerprint density at radius 3 is 3.12 bits per heavy atom. The van der Waals surface area contributed by atoms with Crippen LogP contribution in [-0.2, 0) is 4.84 Å². The molecule has 2 fully saturated rings. The van der Waals surface area contributed by atoms with Crippen LogP contribution in [0, 0.1) is 23.7 Å². The number of amides is 2. The first-order valence-corrected chi connectivity index (χ1v) is 9.02. The summed E-state index contributed by atoms with van der Waals surface area (Å²) in [6.07, 6.45) is 3.46. The van der Waals surface area contributed by atoms with Crippen molar-refractivity contribution in [2.24, 2.45) is 17.0 Å². The van der Waals surface area contributed by atoms with Gasteiger partial charge in [0.25, 0.3) is 0 Å². The Hall–Kier alpha value is -2.00. The minimum absolute atomic E-state index is 0.0553. The van der Waals surface area contributed by atoms with Gasteiger partial charge < -0.3 is 9.74 Å². The summed E-state index contributed by atoms with van der Waals surface area (Å²) >= 11 is 3.46. The first-order chi connectivity index (χ1) is 11.7. The van der Waals surface area contributed by atoms with E-state index in [9.17, 15) is 4.79 Å². The molecule has 3 atom stereocenters. The van der Waals surface area contributed by atoms with Crippen LogP contribution >= 0.6 is 15.9 Å². The lowest BCUT2D eigenvalue weighted by Crippen LogP contribution is -2.45. The number of likely N-dealkylation sites (tertiary alicyclic amines) is 2. The van der Waals surface area contributed by atoms with E-state index in [2.05, 4.69) is 32.9 Å². The number of hydrogen-bond acceptors (Lipinski definition) is 3. The van der Waals surface area contributed by atoms with Crippen molar-refractivity contribution in [2.45, 2.75) is 19.1 Å². The molecule has 3 unspecified atom stereocenters. The molecule has 0 spiro atoms. The first kappa shape index (κ1) is 15.5. The number of nitrogens with zero attached hydrogens (tertiary/aromatic N) is 3. The highest BCUT2D eigenvalue weighted by molar-refractivity contribution is 9.10. The SMILES string of the molecule is O=C(N1CCC(C#Cc2cccc(Br)c2)C1)N1CCC2C=NOC21. The Bertz CT molecular complexity index is 739. The summed E-state index contributed by atoms with van der Waals surface area (Å²) in [7, 11) is 0. The maximum absolute atomic E-state index is 12.7. The normalized spacial score (nSPS) is 27.6. The Morgan fingerprint density at radius 1 is 1.33 bits per heavy atom. The zero-order valence-electron chi connectivity index (χ0n) is 13.2. The first-order valence-electron chi connectivity index (χ1n) is 8.23. The number of carbonyl (C=O) groups excluding carboxylic acids is 1. The van der Waals surface area contributed by atoms with Crippen LogP contribution < -0.4 is 0 Å². The van der Waals surface area contributed by atoms with Gasteiger partial charge >= 0.3 is 6.03 Å². The predicted molar refractivity (Wildman–Crippen MR) is 94.3 cm³/mol. The second kappa shape index (κ2) is 6.48. The van der Waals surface area contributed by atoms with Crippen molar-refractivity contribution in [1.82, 2.24) is 9.80 Å². The van der Waals surface area contributed by atoms with E-state index in [1.54, 1.807) is 0 Å².